The first-order valence-electron chi connectivity index (χ1n) is 8.64. The first kappa shape index (κ1) is 17.6. The normalized spacial score (nSPS) is 19.5. The summed E-state index contributed by atoms with van der Waals surface area (Å²) in [7, 11) is 0. The average Bonchev–Trinajstić information content (AvgIpc) is 2.58. The summed E-state index contributed by atoms with van der Waals surface area (Å²) in [6, 6.07) is 1.96. The van der Waals surface area contributed by atoms with Crippen molar-refractivity contribution >= 4 is 23.7 Å². The van der Waals surface area contributed by atoms with Crippen molar-refractivity contribution in [2.45, 2.75) is 32.4 Å². The first-order chi connectivity index (χ1) is 12.2. The Labute approximate surface area is 147 Å². The van der Waals surface area contributed by atoms with Gasteiger partial charge in [0.15, 0.2) is 0 Å². The fraction of sp³-hybridized carbons (Fsp3) is 0.500. The second-order valence-corrected chi connectivity index (χ2v) is 6.00. The summed E-state index contributed by atoms with van der Waals surface area (Å²) >= 11 is 0. The Morgan fingerprint density at radius 2 is 2.32 bits per heavy atom. The topological polar surface area (TPSA) is 80.8 Å². The van der Waals surface area contributed by atoms with Crippen LogP contribution in [0.4, 0.5) is 5.82 Å². The molecule has 0 radical (unpaired) electrons. The molecule has 2 aliphatic heterocycles. The van der Waals surface area contributed by atoms with Crippen molar-refractivity contribution in [2.75, 3.05) is 31.7 Å². The molecule has 7 nitrogen and oxygen atoms in total. The minimum atomic E-state index is -0.158. The molecule has 0 aromatic carbocycles. The molecule has 1 aromatic rings. The van der Waals surface area contributed by atoms with Crippen molar-refractivity contribution in [3.8, 4) is 0 Å². The summed E-state index contributed by atoms with van der Waals surface area (Å²) in [4.78, 5) is 29.6. The number of likely N-dealkylation sites (tertiary alicyclic amines) is 1. The summed E-state index contributed by atoms with van der Waals surface area (Å²) < 4.78 is 10.9. The minimum absolute atomic E-state index is 0.00775. The number of ether oxygens (including phenoxy) is 2. The summed E-state index contributed by atoms with van der Waals surface area (Å²) in [5.74, 6) is 0.538. The van der Waals surface area contributed by atoms with E-state index in [0.29, 0.717) is 45.0 Å². The minimum Gasteiger partial charge on any atom is -0.379 e. The van der Waals surface area contributed by atoms with Gasteiger partial charge in [0, 0.05) is 38.3 Å². The number of rotatable bonds is 7. The predicted octanol–water partition coefficient (Wildman–Crippen LogP) is 1.59. The number of hydrogen-bond donors (Lipinski definition) is 1. The van der Waals surface area contributed by atoms with Crippen molar-refractivity contribution < 1.29 is 19.1 Å². The molecule has 25 heavy (non-hydrogen) atoms. The highest BCUT2D eigenvalue weighted by atomic mass is 16.5. The van der Waals surface area contributed by atoms with Gasteiger partial charge in [-0.2, -0.15) is 0 Å². The molecular weight excluding hydrogens is 322 g/mol. The Morgan fingerprint density at radius 3 is 3.08 bits per heavy atom. The SMILES string of the molecule is CCOCCOC1CCN1C(=O)/C=C/c1cnc2c(c1)CCC(=O)N2. The van der Waals surface area contributed by atoms with Crippen LogP contribution in [-0.4, -0.2) is 54.3 Å². The number of amides is 2. The quantitative estimate of drug-likeness (QED) is 0.600. The molecule has 7 heteroatoms. The summed E-state index contributed by atoms with van der Waals surface area (Å²) in [6.07, 6.45) is 6.78. The molecule has 3 rings (SSSR count). The van der Waals surface area contributed by atoms with E-state index in [1.165, 1.54) is 0 Å². The zero-order valence-electron chi connectivity index (χ0n) is 14.4. The molecule has 0 spiro atoms. The van der Waals surface area contributed by atoms with E-state index in [0.717, 1.165) is 17.5 Å². The first-order valence-corrected chi connectivity index (χ1v) is 8.64. The summed E-state index contributed by atoms with van der Waals surface area (Å²) in [5.41, 5.74) is 1.84. The number of aromatic nitrogens is 1. The molecular formula is C18H23N3O4. The van der Waals surface area contributed by atoms with Crippen molar-refractivity contribution in [3.05, 3.63) is 29.5 Å². The third kappa shape index (κ3) is 4.43. The second-order valence-electron chi connectivity index (χ2n) is 6.00. The number of nitrogens with zero attached hydrogens (tertiary/aromatic N) is 2. The Hall–Kier alpha value is -2.25. The fourth-order valence-electron chi connectivity index (χ4n) is 2.81. The van der Waals surface area contributed by atoms with E-state index in [9.17, 15) is 9.59 Å². The van der Waals surface area contributed by atoms with Gasteiger partial charge < -0.3 is 19.7 Å². The molecule has 1 N–H and O–H groups in total. The molecule has 134 valence electrons. The van der Waals surface area contributed by atoms with E-state index < -0.39 is 0 Å². The van der Waals surface area contributed by atoms with Gasteiger partial charge in [-0.05, 0) is 36.6 Å². The predicted molar refractivity (Wildman–Crippen MR) is 92.8 cm³/mol. The Bertz CT molecular complexity index is 674. The maximum absolute atomic E-state index is 12.3. The molecule has 1 unspecified atom stereocenters. The van der Waals surface area contributed by atoms with E-state index in [4.69, 9.17) is 9.47 Å². The van der Waals surface area contributed by atoms with Gasteiger partial charge >= 0.3 is 0 Å². The van der Waals surface area contributed by atoms with Crippen LogP contribution in [-0.2, 0) is 25.5 Å². The molecule has 0 aliphatic carbocycles. The number of carbonyl (C=O) groups excluding carboxylic acids is 2. The molecule has 1 saturated heterocycles. The van der Waals surface area contributed by atoms with E-state index >= 15 is 0 Å². The van der Waals surface area contributed by atoms with Crippen molar-refractivity contribution in [1.82, 2.24) is 9.88 Å². The van der Waals surface area contributed by atoms with Gasteiger partial charge in [-0.1, -0.05) is 0 Å². The van der Waals surface area contributed by atoms with E-state index in [2.05, 4.69) is 10.3 Å². The van der Waals surface area contributed by atoms with Gasteiger partial charge in [0.25, 0.3) is 0 Å². The number of aryl methyl sites for hydroxylation is 1. The number of fused-ring (bicyclic) bond motifs is 1. The number of nitrogens with one attached hydrogen (secondary N) is 1. The van der Waals surface area contributed by atoms with Crippen molar-refractivity contribution in [3.63, 3.8) is 0 Å². The second kappa shape index (κ2) is 8.22. The molecule has 0 bridgehead atoms. The van der Waals surface area contributed by atoms with Crippen LogP contribution in [0.5, 0.6) is 0 Å². The number of pyridine rings is 1. The van der Waals surface area contributed by atoms with Crippen LogP contribution in [0, 0.1) is 0 Å². The maximum Gasteiger partial charge on any atom is 0.248 e. The number of hydrogen-bond acceptors (Lipinski definition) is 5. The zero-order valence-corrected chi connectivity index (χ0v) is 14.4. The van der Waals surface area contributed by atoms with Crippen LogP contribution in [0.15, 0.2) is 18.3 Å². The summed E-state index contributed by atoms with van der Waals surface area (Å²) in [6.45, 7) is 4.34. The van der Waals surface area contributed by atoms with Gasteiger partial charge in [-0.3, -0.25) is 9.59 Å². The largest absolute Gasteiger partial charge is 0.379 e. The number of anilines is 1. The molecule has 1 atom stereocenters. The Morgan fingerprint density at radius 1 is 1.44 bits per heavy atom. The van der Waals surface area contributed by atoms with Crippen molar-refractivity contribution in [1.29, 1.82) is 0 Å². The molecule has 2 aliphatic rings. The molecule has 2 amide bonds. The Balaban J connectivity index is 1.53. The molecule has 1 aromatic heterocycles. The van der Waals surface area contributed by atoms with Crippen molar-refractivity contribution in [2.24, 2.45) is 0 Å². The van der Waals surface area contributed by atoms with Gasteiger partial charge in [-0.25, -0.2) is 4.98 Å². The lowest BCUT2D eigenvalue weighted by Crippen LogP contribution is -2.52. The third-order valence-electron chi connectivity index (χ3n) is 4.28. The maximum atomic E-state index is 12.3. The fourth-order valence-corrected chi connectivity index (χ4v) is 2.81. The lowest BCUT2D eigenvalue weighted by Gasteiger charge is -2.39. The van der Waals surface area contributed by atoms with Gasteiger partial charge in [0.2, 0.25) is 11.8 Å². The van der Waals surface area contributed by atoms with Crippen LogP contribution in [0.25, 0.3) is 6.08 Å². The highest BCUT2D eigenvalue weighted by Gasteiger charge is 2.31. The van der Waals surface area contributed by atoms with Gasteiger partial charge in [0.1, 0.15) is 12.0 Å². The highest BCUT2D eigenvalue weighted by molar-refractivity contribution is 5.94. The zero-order chi connectivity index (χ0) is 17.6. The molecule has 0 saturated carbocycles. The number of carbonyl (C=O) groups is 2. The third-order valence-corrected chi connectivity index (χ3v) is 4.28. The Kier molecular flexibility index (Phi) is 5.78. The monoisotopic (exact) mass is 345 g/mol. The van der Waals surface area contributed by atoms with Crippen LogP contribution in [0.1, 0.15) is 30.9 Å². The van der Waals surface area contributed by atoms with Crippen LogP contribution < -0.4 is 5.32 Å². The smallest absolute Gasteiger partial charge is 0.248 e. The highest BCUT2D eigenvalue weighted by Crippen LogP contribution is 2.22. The average molecular weight is 345 g/mol. The van der Waals surface area contributed by atoms with E-state index in [1.54, 1.807) is 23.2 Å². The molecule has 1 fully saturated rings. The molecule has 3 heterocycles. The standard InChI is InChI=1S/C18H23N3O4/c1-2-24-9-10-25-17-7-8-21(17)16(23)6-3-13-11-14-4-5-15(22)20-18(14)19-12-13/h3,6,11-12,17H,2,4-5,7-10H2,1H3,(H,19,20,22)/b6-3+. The van der Waals surface area contributed by atoms with E-state index in [1.807, 2.05) is 13.0 Å². The summed E-state index contributed by atoms with van der Waals surface area (Å²) in [5, 5.41) is 2.75. The lowest BCUT2D eigenvalue weighted by molar-refractivity contribution is -0.162. The van der Waals surface area contributed by atoms with Crippen LogP contribution >= 0.6 is 0 Å². The van der Waals surface area contributed by atoms with Crippen LogP contribution in [0.3, 0.4) is 0 Å². The van der Waals surface area contributed by atoms with E-state index in [-0.39, 0.29) is 18.0 Å². The van der Waals surface area contributed by atoms with Gasteiger partial charge in [0.05, 0.1) is 13.2 Å². The van der Waals surface area contributed by atoms with Crippen LogP contribution in [0.2, 0.25) is 0 Å². The lowest BCUT2D eigenvalue weighted by atomic mass is 10.0. The van der Waals surface area contributed by atoms with Gasteiger partial charge in [-0.15, -0.1) is 0 Å².